The molecule has 0 aromatic heterocycles. The van der Waals surface area contributed by atoms with Crippen LogP contribution in [0, 0.1) is 0 Å². The molecule has 88 valence electrons. The van der Waals surface area contributed by atoms with Crippen molar-refractivity contribution < 1.29 is 0 Å². The molecule has 0 bridgehead atoms. The fraction of sp³-hybridized carbons (Fsp3) is 0.600. The minimum atomic E-state index is 0.665. The van der Waals surface area contributed by atoms with E-state index in [0.29, 0.717) is 5.25 Å². The van der Waals surface area contributed by atoms with Crippen LogP contribution in [0.1, 0.15) is 52.4 Å². The van der Waals surface area contributed by atoms with Gasteiger partial charge in [0.2, 0.25) is 0 Å². The van der Waals surface area contributed by atoms with E-state index in [2.05, 4.69) is 43.8 Å². The molecule has 1 unspecified atom stereocenters. The van der Waals surface area contributed by atoms with Gasteiger partial charge in [-0.25, -0.2) is 0 Å². The molecule has 0 saturated heterocycles. The van der Waals surface area contributed by atoms with Crippen LogP contribution in [0.25, 0.3) is 0 Å². The third-order valence-electron chi connectivity index (χ3n) is 3.32. The van der Waals surface area contributed by atoms with Crippen LogP contribution < -0.4 is 0 Å². The molecule has 16 heavy (non-hydrogen) atoms. The summed E-state index contributed by atoms with van der Waals surface area (Å²) in [6.45, 7) is 4.54. The first kappa shape index (κ1) is 12.0. The topological polar surface area (TPSA) is 0 Å². The third-order valence-corrected chi connectivity index (χ3v) is 4.61. The Morgan fingerprint density at radius 2 is 1.88 bits per heavy atom. The number of allylic oxidation sites excluding steroid dienone is 4. The summed E-state index contributed by atoms with van der Waals surface area (Å²) in [5, 5.41) is 0.665. The van der Waals surface area contributed by atoms with E-state index in [4.69, 9.17) is 0 Å². The molecular weight excluding hydrogens is 212 g/mol. The Kier molecular flexibility index (Phi) is 4.34. The monoisotopic (exact) mass is 234 g/mol. The molecule has 1 aliphatic heterocycles. The van der Waals surface area contributed by atoms with Gasteiger partial charge in [-0.2, -0.15) is 0 Å². The van der Waals surface area contributed by atoms with Gasteiger partial charge in [-0.1, -0.05) is 38.8 Å². The maximum absolute atomic E-state index is 2.47. The van der Waals surface area contributed by atoms with Crippen LogP contribution in [0.2, 0.25) is 0 Å². The van der Waals surface area contributed by atoms with Crippen LogP contribution in [0.15, 0.2) is 34.3 Å². The molecule has 0 aromatic carbocycles. The van der Waals surface area contributed by atoms with Gasteiger partial charge in [-0.05, 0) is 47.8 Å². The van der Waals surface area contributed by atoms with Crippen LogP contribution in [-0.2, 0) is 0 Å². The van der Waals surface area contributed by atoms with Crippen molar-refractivity contribution in [1.82, 2.24) is 0 Å². The Morgan fingerprint density at radius 1 is 1.12 bits per heavy atom. The highest BCUT2D eigenvalue weighted by Gasteiger charge is 2.25. The van der Waals surface area contributed by atoms with E-state index in [9.17, 15) is 0 Å². The number of rotatable bonds is 6. The highest BCUT2D eigenvalue weighted by atomic mass is 32.2. The van der Waals surface area contributed by atoms with Crippen molar-refractivity contribution in [2.75, 3.05) is 0 Å². The molecular formula is C15H22S. The molecule has 1 heterocycles. The normalized spacial score (nSPS) is 22.9. The second kappa shape index (κ2) is 5.77. The van der Waals surface area contributed by atoms with E-state index in [1.54, 1.807) is 16.1 Å². The molecule has 0 amide bonds. The lowest BCUT2D eigenvalue weighted by atomic mass is 10.0. The zero-order valence-electron chi connectivity index (χ0n) is 10.5. The second-order valence-electron chi connectivity index (χ2n) is 4.70. The van der Waals surface area contributed by atoms with Crippen LogP contribution >= 0.6 is 11.8 Å². The number of thioether (sulfide) groups is 1. The average Bonchev–Trinajstić information content (AvgIpc) is 2.83. The molecule has 0 fully saturated rings. The molecule has 0 spiro atoms. The van der Waals surface area contributed by atoms with E-state index in [1.165, 1.54) is 38.5 Å². The van der Waals surface area contributed by atoms with E-state index in [1.807, 2.05) is 0 Å². The van der Waals surface area contributed by atoms with Gasteiger partial charge in [-0.3, -0.25) is 0 Å². The second-order valence-corrected chi connectivity index (χ2v) is 5.96. The highest BCUT2D eigenvalue weighted by molar-refractivity contribution is 8.04. The van der Waals surface area contributed by atoms with Gasteiger partial charge in [0.1, 0.15) is 0 Å². The average molecular weight is 234 g/mol. The van der Waals surface area contributed by atoms with Crippen molar-refractivity contribution in [3.63, 3.8) is 0 Å². The van der Waals surface area contributed by atoms with Crippen LogP contribution in [0.3, 0.4) is 0 Å². The lowest BCUT2D eigenvalue weighted by molar-refractivity contribution is 0.795. The standard InChI is InChI=1S/C15H22S/c1-3-5-7-12-9-10-15-14(12)11-13(16-15)8-6-4-2/h9-11,15H,3-8H2,1-2H3. The number of fused-ring (bicyclic) bond motifs is 1. The summed E-state index contributed by atoms with van der Waals surface area (Å²) in [6, 6.07) is 0. The summed E-state index contributed by atoms with van der Waals surface area (Å²) in [7, 11) is 0. The Morgan fingerprint density at radius 3 is 2.62 bits per heavy atom. The van der Waals surface area contributed by atoms with Crippen molar-refractivity contribution in [1.29, 1.82) is 0 Å². The molecule has 2 rings (SSSR count). The molecule has 0 aromatic rings. The fourth-order valence-corrected chi connectivity index (χ4v) is 3.60. The zero-order chi connectivity index (χ0) is 11.4. The van der Waals surface area contributed by atoms with E-state index >= 15 is 0 Å². The lowest BCUT2D eigenvalue weighted by Crippen LogP contribution is -1.92. The molecule has 1 atom stereocenters. The van der Waals surface area contributed by atoms with Crippen molar-refractivity contribution >= 4 is 11.8 Å². The van der Waals surface area contributed by atoms with Crippen molar-refractivity contribution in [3.8, 4) is 0 Å². The quantitative estimate of drug-likeness (QED) is 0.606. The fourth-order valence-electron chi connectivity index (χ4n) is 2.31. The Bertz CT molecular complexity index is 333. The summed E-state index contributed by atoms with van der Waals surface area (Å²) in [5.74, 6) is 0. The van der Waals surface area contributed by atoms with Gasteiger partial charge in [0, 0.05) is 0 Å². The van der Waals surface area contributed by atoms with Crippen LogP contribution in [-0.4, -0.2) is 5.25 Å². The first-order chi connectivity index (χ1) is 7.85. The largest absolute Gasteiger partial charge is 0.118 e. The molecule has 1 heteroatoms. The van der Waals surface area contributed by atoms with Gasteiger partial charge in [0.05, 0.1) is 5.25 Å². The zero-order valence-corrected chi connectivity index (χ0v) is 11.3. The summed E-state index contributed by atoms with van der Waals surface area (Å²) >= 11 is 2.07. The van der Waals surface area contributed by atoms with Crippen LogP contribution in [0.5, 0.6) is 0 Å². The van der Waals surface area contributed by atoms with Crippen molar-refractivity contribution in [2.24, 2.45) is 0 Å². The molecule has 0 N–H and O–H groups in total. The summed E-state index contributed by atoms with van der Waals surface area (Å²) in [6.07, 6.45) is 15.1. The lowest BCUT2D eigenvalue weighted by Gasteiger charge is -2.03. The molecule has 2 aliphatic rings. The summed E-state index contributed by atoms with van der Waals surface area (Å²) < 4.78 is 0. The van der Waals surface area contributed by atoms with Crippen molar-refractivity contribution in [2.45, 2.75) is 57.6 Å². The minimum absolute atomic E-state index is 0.665. The molecule has 0 radical (unpaired) electrons. The predicted octanol–water partition coefficient (Wildman–Crippen LogP) is 5.23. The van der Waals surface area contributed by atoms with Crippen LogP contribution in [0.4, 0.5) is 0 Å². The molecule has 0 nitrogen and oxygen atoms in total. The van der Waals surface area contributed by atoms with Gasteiger partial charge in [0.15, 0.2) is 0 Å². The molecule has 1 aliphatic carbocycles. The number of hydrogen-bond acceptors (Lipinski definition) is 1. The van der Waals surface area contributed by atoms with Gasteiger partial charge < -0.3 is 0 Å². The minimum Gasteiger partial charge on any atom is -0.118 e. The number of unbranched alkanes of at least 4 members (excludes halogenated alkanes) is 2. The van der Waals surface area contributed by atoms with E-state index < -0.39 is 0 Å². The Labute approximate surface area is 104 Å². The summed E-state index contributed by atoms with van der Waals surface area (Å²) in [4.78, 5) is 1.61. The Hall–Kier alpha value is -0.430. The maximum Gasteiger partial charge on any atom is 0.0527 e. The highest BCUT2D eigenvalue weighted by Crippen LogP contribution is 2.44. The van der Waals surface area contributed by atoms with E-state index in [-0.39, 0.29) is 0 Å². The number of hydrogen-bond donors (Lipinski definition) is 0. The van der Waals surface area contributed by atoms with Crippen molar-refractivity contribution in [3.05, 3.63) is 34.3 Å². The summed E-state index contributed by atoms with van der Waals surface area (Å²) in [5.41, 5.74) is 3.22. The van der Waals surface area contributed by atoms with Gasteiger partial charge >= 0.3 is 0 Å². The third kappa shape index (κ3) is 2.63. The maximum atomic E-state index is 2.47. The van der Waals surface area contributed by atoms with Gasteiger partial charge in [0.25, 0.3) is 0 Å². The molecule has 0 saturated carbocycles. The smallest absolute Gasteiger partial charge is 0.0527 e. The SMILES string of the molecule is CCCCC1=CC2=C(CCCC)C=CC2S1. The predicted molar refractivity (Wildman–Crippen MR) is 74.7 cm³/mol. The van der Waals surface area contributed by atoms with Gasteiger partial charge in [-0.15, -0.1) is 11.8 Å². The first-order valence-corrected chi connectivity index (χ1v) is 7.51. The Balaban J connectivity index is 2.00. The van der Waals surface area contributed by atoms with E-state index in [0.717, 1.165) is 0 Å². The first-order valence-electron chi connectivity index (χ1n) is 6.63.